The van der Waals surface area contributed by atoms with E-state index in [0.717, 1.165) is 58.2 Å². The molecule has 1 aliphatic rings. The van der Waals surface area contributed by atoms with Crippen LogP contribution in [0.5, 0.6) is 0 Å². The summed E-state index contributed by atoms with van der Waals surface area (Å²) in [5, 5.41) is 5.28. The average molecular weight is 441 g/mol. The van der Waals surface area contributed by atoms with Crippen molar-refractivity contribution < 1.29 is 4.79 Å². The van der Waals surface area contributed by atoms with Crippen LogP contribution >= 0.6 is 23.1 Å². The normalized spacial score (nSPS) is 15.6. The van der Waals surface area contributed by atoms with Crippen LogP contribution in [-0.4, -0.2) is 46.5 Å². The number of aromatic nitrogens is 2. The van der Waals surface area contributed by atoms with E-state index < -0.39 is 0 Å². The van der Waals surface area contributed by atoms with Crippen LogP contribution < -0.4 is 5.32 Å². The van der Waals surface area contributed by atoms with Crippen molar-refractivity contribution in [1.82, 2.24) is 20.2 Å². The van der Waals surface area contributed by atoms with Crippen molar-refractivity contribution in [2.75, 3.05) is 19.6 Å². The molecule has 3 heterocycles. The molecule has 4 rings (SSSR count). The van der Waals surface area contributed by atoms with Crippen molar-refractivity contribution in [2.24, 2.45) is 0 Å². The summed E-state index contributed by atoms with van der Waals surface area (Å²) in [5.41, 5.74) is 1.94. The number of carbonyl (C=O) groups is 1. The van der Waals surface area contributed by atoms with Gasteiger partial charge in [0.1, 0.15) is 16.2 Å². The second kappa shape index (κ2) is 9.45. The largest absolute Gasteiger partial charge is 0.349 e. The second-order valence-corrected chi connectivity index (χ2v) is 10.1. The zero-order valence-corrected chi connectivity index (χ0v) is 19.4. The first kappa shape index (κ1) is 21.3. The number of nitrogens with one attached hydrogen (secondary N) is 1. The Bertz CT molecular complexity index is 1040. The first-order chi connectivity index (χ1) is 14.6. The maximum Gasteiger partial charge on any atom is 0.252 e. The van der Waals surface area contributed by atoms with Crippen LogP contribution in [-0.2, 0) is 0 Å². The van der Waals surface area contributed by atoms with Crippen LogP contribution in [0.3, 0.4) is 0 Å². The molecule has 0 aliphatic carbocycles. The van der Waals surface area contributed by atoms with Crippen LogP contribution in [0, 0.1) is 13.8 Å². The minimum Gasteiger partial charge on any atom is -0.349 e. The highest BCUT2D eigenvalue weighted by Crippen LogP contribution is 2.38. The van der Waals surface area contributed by atoms with E-state index in [2.05, 4.69) is 41.0 Å². The Morgan fingerprint density at radius 2 is 2.00 bits per heavy atom. The highest BCUT2D eigenvalue weighted by Gasteiger charge is 2.22. The Morgan fingerprint density at radius 3 is 2.77 bits per heavy atom. The molecule has 0 atom stereocenters. The maximum atomic E-state index is 13.1. The lowest BCUT2D eigenvalue weighted by molar-refractivity contribution is 0.0908. The summed E-state index contributed by atoms with van der Waals surface area (Å²) in [6.07, 6.45) is 4.83. The number of likely N-dealkylation sites (tertiary alicyclic amines) is 1. The van der Waals surface area contributed by atoms with E-state index in [4.69, 9.17) is 0 Å². The van der Waals surface area contributed by atoms with Crippen molar-refractivity contribution in [3.63, 3.8) is 0 Å². The van der Waals surface area contributed by atoms with Gasteiger partial charge in [0.25, 0.3) is 5.91 Å². The molecule has 0 bridgehead atoms. The lowest BCUT2D eigenvalue weighted by Gasteiger charge is -2.32. The Labute approximate surface area is 186 Å². The molecular formula is C23H28N4OS2. The standard InChI is InChI=1S/C23H28N4OS2/c1-4-11-27-12-9-17(10-13-27)26-21(28)18-7-5-6-8-19(18)30-23-20-15(2)16(3)29-22(20)24-14-25-23/h5-8,14,17H,4,9-13H2,1-3H3,(H,26,28). The van der Waals surface area contributed by atoms with Crippen LogP contribution in [0.1, 0.15) is 47.0 Å². The Hall–Kier alpha value is -1.96. The molecule has 0 radical (unpaired) electrons. The number of thiophene rings is 1. The van der Waals surface area contributed by atoms with Gasteiger partial charge in [-0.1, -0.05) is 30.8 Å². The predicted molar refractivity (Wildman–Crippen MR) is 125 cm³/mol. The van der Waals surface area contributed by atoms with Crippen molar-refractivity contribution in [2.45, 2.75) is 56.0 Å². The van der Waals surface area contributed by atoms with Gasteiger partial charge >= 0.3 is 0 Å². The zero-order chi connectivity index (χ0) is 21.1. The number of amides is 1. The Balaban J connectivity index is 1.52. The quantitative estimate of drug-likeness (QED) is 0.543. The average Bonchev–Trinajstić information content (AvgIpc) is 3.04. The number of hydrogen-bond donors (Lipinski definition) is 1. The van der Waals surface area contributed by atoms with Crippen LogP contribution in [0.25, 0.3) is 10.2 Å². The molecule has 1 N–H and O–H groups in total. The van der Waals surface area contributed by atoms with Crippen molar-refractivity contribution >= 4 is 39.2 Å². The van der Waals surface area contributed by atoms with Crippen LogP contribution in [0.2, 0.25) is 0 Å². The molecule has 5 nitrogen and oxygen atoms in total. The van der Waals surface area contributed by atoms with Crippen molar-refractivity contribution in [1.29, 1.82) is 0 Å². The molecule has 1 amide bonds. The van der Waals surface area contributed by atoms with Crippen LogP contribution in [0.15, 0.2) is 40.5 Å². The van der Waals surface area contributed by atoms with E-state index in [0.29, 0.717) is 0 Å². The van der Waals surface area contributed by atoms with E-state index in [1.54, 1.807) is 29.4 Å². The number of nitrogens with zero attached hydrogens (tertiary/aromatic N) is 3. The van der Waals surface area contributed by atoms with Crippen molar-refractivity contribution in [3.8, 4) is 0 Å². The third kappa shape index (κ3) is 4.53. The third-order valence-corrected chi connectivity index (χ3v) is 7.93. The summed E-state index contributed by atoms with van der Waals surface area (Å²) in [6.45, 7) is 9.71. The van der Waals surface area contributed by atoms with Crippen LogP contribution in [0.4, 0.5) is 0 Å². The van der Waals surface area contributed by atoms with Gasteiger partial charge in [0, 0.05) is 34.3 Å². The van der Waals surface area contributed by atoms with Gasteiger partial charge in [0.05, 0.1) is 5.56 Å². The summed E-state index contributed by atoms with van der Waals surface area (Å²) < 4.78 is 0. The molecule has 0 unspecified atom stereocenters. The maximum absolute atomic E-state index is 13.1. The van der Waals surface area contributed by atoms with Gasteiger partial charge in [0.2, 0.25) is 0 Å². The topological polar surface area (TPSA) is 58.1 Å². The van der Waals surface area contributed by atoms with Gasteiger partial charge in [-0.15, -0.1) is 11.3 Å². The first-order valence-electron chi connectivity index (χ1n) is 10.6. The number of fused-ring (bicyclic) bond motifs is 1. The molecule has 158 valence electrons. The third-order valence-electron chi connectivity index (χ3n) is 5.73. The highest BCUT2D eigenvalue weighted by atomic mass is 32.2. The fraction of sp³-hybridized carbons (Fsp3) is 0.435. The molecule has 2 aromatic heterocycles. The zero-order valence-electron chi connectivity index (χ0n) is 17.8. The fourth-order valence-electron chi connectivity index (χ4n) is 3.96. The van der Waals surface area contributed by atoms with E-state index in [-0.39, 0.29) is 11.9 Å². The van der Waals surface area contributed by atoms with Gasteiger partial charge in [-0.3, -0.25) is 4.79 Å². The molecule has 7 heteroatoms. The SMILES string of the molecule is CCCN1CCC(NC(=O)c2ccccc2Sc2ncnc3sc(C)c(C)c23)CC1. The lowest BCUT2D eigenvalue weighted by Crippen LogP contribution is -2.44. The number of rotatable bonds is 6. The lowest BCUT2D eigenvalue weighted by atomic mass is 10.0. The summed E-state index contributed by atoms with van der Waals surface area (Å²) >= 11 is 3.25. The monoisotopic (exact) mass is 440 g/mol. The predicted octanol–water partition coefficient (Wildman–Crippen LogP) is 5.06. The second-order valence-electron chi connectivity index (χ2n) is 7.83. The molecular weight excluding hydrogens is 412 g/mol. The van der Waals surface area contributed by atoms with E-state index >= 15 is 0 Å². The van der Waals surface area contributed by atoms with Gasteiger partial charge in [-0.25, -0.2) is 9.97 Å². The minimum absolute atomic E-state index is 0.00978. The number of carbonyl (C=O) groups excluding carboxylic acids is 1. The summed E-state index contributed by atoms with van der Waals surface area (Å²) in [6, 6.07) is 8.07. The molecule has 1 aliphatic heterocycles. The molecule has 30 heavy (non-hydrogen) atoms. The Morgan fingerprint density at radius 1 is 1.23 bits per heavy atom. The molecule has 1 aromatic carbocycles. The minimum atomic E-state index is 0.00978. The molecule has 3 aromatic rings. The summed E-state index contributed by atoms with van der Waals surface area (Å²) in [5.74, 6) is 0.00978. The summed E-state index contributed by atoms with van der Waals surface area (Å²) in [7, 11) is 0. The fourth-order valence-corrected chi connectivity index (χ4v) is 6.09. The van der Waals surface area contributed by atoms with E-state index in [9.17, 15) is 4.79 Å². The first-order valence-corrected chi connectivity index (χ1v) is 12.2. The van der Waals surface area contributed by atoms with Gasteiger partial charge < -0.3 is 10.2 Å². The number of hydrogen-bond acceptors (Lipinski definition) is 6. The summed E-state index contributed by atoms with van der Waals surface area (Å²) in [4.78, 5) is 27.7. The van der Waals surface area contributed by atoms with E-state index in [1.165, 1.54) is 16.9 Å². The van der Waals surface area contributed by atoms with E-state index in [1.807, 2.05) is 24.3 Å². The van der Waals surface area contributed by atoms with Gasteiger partial charge in [-0.05, 0) is 57.4 Å². The molecule has 0 spiro atoms. The molecule has 1 fully saturated rings. The van der Waals surface area contributed by atoms with Gasteiger partial charge in [0.15, 0.2) is 0 Å². The Kier molecular flexibility index (Phi) is 6.71. The molecule has 1 saturated heterocycles. The molecule has 0 saturated carbocycles. The number of piperidine rings is 1. The smallest absolute Gasteiger partial charge is 0.252 e. The number of aryl methyl sites for hydroxylation is 2. The number of benzene rings is 1. The van der Waals surface area contributed by atoms with Crippen molar-refractivity contribution in [3.05, 3.63) is 46.6 Å². The van der Waals surface area contributed by atoms with Gasteiger partial charge in [-0.2, -0.15) is 0 Å². The highest BCUT2D eigenvalue weighted by molar-refractivity contribution is 7.99.